The monoisotopic (exact) mass is 318 g/mol. The van der Waals surface area contributed by atoms with Crippen LogP contribution in [0.5, 0.6) is 5.75 Å². The van der Waals surface area contributed by atoms with Crippen molar-refractivity contribution in [2.24, 2.45) is 0 Å². The summed E-state index contributed by atoms with van der Waals surface area (Å²) in [6, 6.07) is 12.5. The third-order valence-corrected chi connectivity index (χ3v) is 3.86. The Morgan fingerprint density at radius 1 is 1.24 bits per heavy atom. The first-order valence-electron chi connectivity index (χ1n) is 6.22. The number of aromatic nitrogens is 1. The summed E-state index contributed by atoms with van der Waals surface area (Å²) in [5, 5.41) is 3.41. The molecule has 0 spiro atoms. The molecule has 1 aromatic heterocycles. The van der Waals surface area contributed by atoms with Crippen LogP contribution in [0.4, 0.5) is 5.69 Å². The fourth-order valence-electron chi connectivity index (χ4n) is 1.81. The van der Waals surface area contributed by atoms with E-state index in [1.807, 2.05) is 18.2 Å². The van der Waals surface area contributed by atoms with Gasteiger partial charge in [-0.3, -0.25) is 4.79 Å². The number of anilines is 1. The third kappa shape index (κ3) is 3.51. The zero-order valence-electron chi connectivity index (χ0n) is 10.9. The van der Waals surface area contributed by atoms with Crippen LogP contribution in [0.15, 0.2) is 48.0 Å². The number of rotatable bonds is 4. The van der Waals surface area contributed by atoms with Gasteiger partial charge in [0, 0.05) is 10.7 Å². The topological polar surface area (TPSA) is 51.2 Å². The maximum atomic E-state index is 11.8. The zero-order chi connectivity index (χ0) is 14.7. The highest BCUT2D eigenvalue weighted by atomic mass is 35.5. The van der Waals surface area contributed by atoms with E-state index in [1.165, 1.54) is 0 Å². The van der Waals surface area contributed by atoms with E-state index >= 15 is 0 Å². The van der Waals surface area contributed by atoms with E-state index in [9.17, 15) is 4.79 Å². The van der Waals surface area contributed by atoms with Crippen molar-refractivity contribution in [2.45, 2.75) is 0 Å². The SMILES string of the molecule is O=C(COc1ccc(Cl)cc1)Nc1ccc2scnc2c1. The number of thiazole rings is 1. The summed E-state index contributed by atoms with van der Waals surface area (Å²) < 4.78 is 6.47. The van der Waals surface area contributed by atoms with Gasteiger partial charge in [0.1, 0.15) is 5.75 Å². The van der Waals surface area contributed by atoms with Crippen molar-refractivity contribution in [3.8, 4) is 5.75 Å². The molecule has 0 fully saturated rings. The average Bonchev–Trinajstić information content (AvgIpc) is 2.94. The maximum absolute atomic E-state index is 11.8. The van der Waals surface area contributed by atoms with Gasteiger partial charge in [0.25, 0.3) is 5.91 Å². The van der Waals surface area contributed by atoms with Crippen LogP contribution in [-0.2, 0) is 4.79 Å². The van der Waals surface area contributed by atoms with Crippen LogP contribution in [0, 0.1) is 0 Å². The lowest BCUT2D eigenvalue weighted by atomic mass is 10.3. The molecule has 3 rings (SSSR count). The molecule has 0 bridgehead atoms. The first kappa shape index (κ1) is 13.9. The molecule has 0 atom stereocenters. The van der Waals surface area contributed by atoms with Crippen LogP contribution in [0.1, 0.15) is 0 Å². The van der Waals surface area contributed by atoms with Gasteiger partial charge in [-0.15, -0.1) is 11.3 Å². The minimum Gasteiger partial charge on any atom is -0.484 e. The fourth-order valence-corrected chi connectivity index (χ4v) is 2.60. The molecule has 1 amide bonds. The van der Waals surface area contributed by atoms with E-state index in [4.69, 9.17) is 16.3 Å². The predicted octanol–water partition coefficient (Wildman–Crippen LogP) is 3.97. The third-order valence-electron chi connectivity index (χ3n) is 2.80. The number of carbonyl (C=O) groups is 1. The summed E-state index contributed by atoms with van der Waals surface area (Å²) in [5.41, 5.74) is 3.36. The number of halogens is 1. The average molecular weight is 319 g/mol. The molecule has 3 aromatic rings. The van der Waals surface area contributed by atoms with E-state index in [-0.39, 0.29) is 12.5 Å². The standard InChI is InChI=1S/C15H11ClN2O2S/c16-10-1-4-12(5-2-10)20-8-15(19)18-11-3-6-14-13(7-11)17-9-21-14/h1-7,9H,8H2,(H,18,19). The summed E-state index contributed by atoms with van der Waals surface area (Å²) >= 11 is 7.34. The Morgan fingerprint density at radius 3 is 2.86 bits per heavy atom. The second-order valence-corrected chi connectivity index (χ2v) is 5.65. The Balaban J connectivity index is 1.59. The lowest BCUT2D eigenvalue weighted by molar-refractivity contribution is -0.118. The van der Waals surface area contributed by atoms with Gasteiger partial charge in [0.05, 0.1) is 15.7 Å². The molecule has 0 saturated carbocycles. The highest BCUT2D eigenvalue weighted by molar-refractivity contribution is 7.16. The molecule has 0 saturated heterocycles. The van der Waals surface area contributed by atoms with Crippen molar-refractivity contribution in [1.82, 2.24) is 4.98 Å². The van der Waals surface area contributed by atoms with Gasteiger partial charge in [-0.25, -0.2) is 4.98 Å². The lowest BCUT2D eigenvalue weighted by Crippen LogP contribution is -2.20. The quantitative estimate of drug-likeness (QED) is 0.792. The number of hydrogen-bond donors (Lipinski definition) is 1. The first-order valence-corrected chi connectivity index (χ1v) is 7.48. The summed E-state index contributed by atoms with van der Waals surface area (Å²) in [6.45, 7) is -0.0588. The molecule has 0 aliphatic rings. The highest BCUT2D eigenvalue weighted by Crippen LogP contribution is 2.21. The molecule has 1 N–H and O–H groups in total. The largest absolute Gasteiger partial charge is 0.484 e. The number of carbonyl (C=O) groups excluding carboxylic acids is 1. The lowest BCUT2D eigenvalue weighted by Gasteiger charge is -2.07. The molecule has 21 heavy (non-hydrogen) atoms. The Morgan fingerprint density at radius 2 is 2.05 bits per heavy atom. The molecule has 1 heterocycles. The summed E-state index contributed by atoms with van der Waals surface area (Å²) in [4.78, 5) is 16.1. The molecular weight excluding hydrogens is 308 g/mol. The minimum absolute atomic E-state index is 0.0588. The number of hydrogen-bond acceptors (Lipinski definition) is 4. The number of ether oxygens (including phenoxy) is 1. The van der Waals surface area contributed by atoms with Gasteiger partial charge < -0.3 is 10.1 Å². The van der Waals surface area contributed by atoms with E-state index in [0.29, 0.717) is 16.5 Å². The molecule has 0 aliphatic carbocycles. The van der Waals surface area contributed by atoms with Gasteiger partial charge in [0.15, 0.2) is 6.61 Å². The van der Waals surface area contributed by atoms with Crippen molar-refractivity contribution in [3.05, 3.63) is 53.0 Å². The normalized spacial score (nSPS) is 10.5. The number of fused-ring (bicyclic) bond motifs is 1. The molecule has 0 unspecified atom stereocenters. The van der Waals surface area contributed by atoms with Crippen LogP contribution < -0.4 is 10.1 Å². The van der Waals surface area contributed by atoms with Crippen LogP contribution in [0.25, 0.3) is 10.2 Å². The van der Waals surface area contributed by atoms with Gasteiger partial charge in [-0.1, -0.05) is 11.6 Å². The van der Waals surface area contributed by atoms with Crippen molar-refractivity contribution in [2.75, 3.05) is 11.9 Å². The van der Waals surface area contributed by atoms with Gasteiger partial charge >= 0.3 is 0 Å². The Kier molecular flexibility index (Phi) is 4.03. The van der Waals surface area contributed by atoms with Gasteiger partial charge in [-0.05, 0) is 42.5 Å². The van der Waals surface area contributed by atoms with Crippen molar-refractivity contribution in [3.63, 3.8) is 0 Å². The number of nitrogens with zero attached hydrogens (tertiary/aromatic N) is 1. The summed E-state index contributed by atoms with van der Waals surface area (Å²) in [6.07, 6.45) is 0. The first-order chi connectivity index (χ1) is 10.2. The molecule has 6 heteroatoms. The van der Waals surface area contributed by atoms with Gasteiger partial charge in [0.2, 0.25) is 0 Å². The Hall–Kier alpha value is -2.11. The molecule has 106 valence electrons. The van der Waals surface area contributed by atoms with Gasteiger partial charge in [-0.2, -0.15) is 0 Å². The Bertz CT molecular complexity index is 771. The predicted molar refractivity (Wildman–Crippen MR) is 85.2 cm³/mol. The highest BCUT2D eigenvalue weighted by Gasteiger charge is 2.05. The molecular formula is C15H11ClN2O2S. The number of nitrogens with one attached hydrogen (secondary N) is 1. The van der Waals surface area contributed by atoms with Crippen LogP contribution >= 0.6 is 22.9 Å². The smallest absolute Gasteiger partial charge is 0.262 e. The van der Waals surface area contributed by atoms with E-state index in [0.717, 1.165) is 10.2 Å². The zero-order valence-corrected chi connectivity index (χ0v) is 12.4. The molecule has 4 nitrogen and oxygen atoms in total. The van der Waals surface area contributed by atoms with Crippen molar-refractivity contribution in [1.29, 1.82) is 0 Å². The molecule has 2 aromatic carbocycles. The maximum Gasteiger partial charge on any atom is 0.262 e. The van der Waals surface area contributed by atoms with E-state index in [1.54, 1.807) is 41.1 Å². The summed E-state index contributed by atoms with van der Waals surface area (Å²) in [7, 11) is 0. The van der Waals surface area contributed by atoms with Crippen LogP contribution in [0.3, 0.4) is 0 Å². The molecule has 0 radical (unpaired) electrons. The second-order valence-electron chi connectivity index (χ2n) is 4.33. The van der Waals surface area contributed by atoms with E-state index in [2.05, 4.69) is 10.3 Å². The van der Waals surface area contributed by atoms with Crippen molar-refractivity contribution >= 4 is 44.7 Å². The fraction of sp³-hybridized carbons (Fsp3) is 0.0667. The number of amides is 1. The minimum atomic E-state index is -0.223. The van der Waals surface area contributed by atoms with Crippen LogP contribution in [0.2, 0.25) is 5.02 Å². The molecule has 0 aliphatic heterocycles. The van der Waals surface area contributed by atoms with Crippen molar-refractivity contribution < 1.29 is 9.53 Å². The van der Waals surface area contributed by atoms with Crippen LogP contribution in [-0.4, -0.2) is 17.5 Å². The number of benzene rings is 2. The Labute approximate surface area is 130 Å². The summed E-state index contributed by atoms with van der Waals surface area (Å²) in [5.74, 6) is 0.379. The second kappa shape index (κ2) is 6.11. The van der Waals surface area contributed by atoms with E-state index < -0.39 is 0 Å².